The molecule has 1 amide bonds. The van der Waals surface area contributed by atoms with Crippen LogP contribution in [0.25, 0.3) is 16.9 Å². The topological polar surface area (TPSA) is 71.3 Å². The number of hydrogen-bond donors (Lipinski definition) is 2. The van der Waals surface area contributed by atoms with Gasteiger partial charge in [-0.25, -0.2) is 4.98 Å². The number of imidazole rings is 1. The maximum Gasteiger partial charge on any atom is 0.221 e. The molecule has 0 atom stereocenters. The summed E-state index contributed by atoms with van der Waals surface area (Å²) in [5.41, 5.74) is 2.65. The Morgan fingerprint density at radius 1 is 1.25 bits per heavy atom. The largest absolute Gasteiger partial charge is 0.369 e. The van der Waals surface area contributed by atoms with Gasteiger partial charge in [0.1, 0.15) is 11.5 Å². The first kappa shape index (κ1) is 16.0. The standard InChI is InChI=1S/C18H21N5O/c1-13(2)21-16(24)8-9-20-18-17(14-6-4-3-5-7-14)22-15-12-19-10-11-23(15)18/h3-7,10-13,20H,8-9H2,1-2H3,(H,21,24). The maximum absolute atomic E-state index is 11.8. The molecule has 0 fully saturated rings. The van der Waals surface area contributed by atoms with Crippen LogP contribution in [0.1, 0.15) is 20.3 Å². The van der Waals surface area contributed by atoms with Crippen LogP contribution in [0.4, 0.5) is 5.82 Å². The smallest absolute Gasteiger partial charge is 0.221 e. The van der Waals surface area contributed by atoms with Crippen LogP contribution in [0.3, 0.4) is 0 Å². The van der Waals surface area contributed by atoms with E-state index in [1.807, 2.05) is 54.8 Å². The second-order valence-electron chi connectivity index (χ2n) is 5.88. The van der Waals surface area contributed by atoms with E-state index in [4.69, 9.17) is 0 Å². The van der Waals surface area contributed by atoms with Gasteiger partial charge in [-0.3, -0.25) is 14.2 Å². The summed E-state index contributed by atoms with van der Waals surface area (Å²) >= 11 is 0. The normalized spacial score (nSPS) is 11.0. The number of carbonyl (C=O) groups excluding carboxylic acids is 1. The van der Waals surface area contributed by atoms with Crippen LogP contribution >= 0.6 is 0 Å². The van der Waals surface area contributed by atoms with Crippen molar-refractivity contribution in [2.24, 2.45) is 0 Å². The van der Waals surface area contributed by atoms with Gasteiger partial charge in [0, 0.05) is 37.0 Å². The second kappa shape index (κ2) is 7.12. The Morgan fingerprint density at radius 3 is 2.79 bits per heavy atom. The SMILES string of the molecule is CC(C)NC(=O)CCNc1c(-c2ccccc2)nc2cnccn12. The Morgan fingerprint density at radius 2 is 2.04 bits per heavy atom. The minimum atomic E-state index is 0.0363. The number of anilines is 1. The van der Waals surface area contributed by atoms with Gasteiger partial charge in [-0.05, 0) is 13.8 Å². The molecular weight excluding hydrogens is 302 g/mol. The van der Waals surface area contributed by atoms with Gasteiger partial charge in [0.2, 0.25) is 5.91 Å². The Kier molecular flexibility index (Phi) is 4.74. The third-order valence-electron chi connectivity index (χ3n) is 3.57. The van der Waals surface area contributed by atoms with Crippen LogP contribution < -0.4 is 10.6 Å². The Hall–Kier alpha value is -2.89. The molecule has 6 nitrogen and oxygen atoms in total. The number of hydrogen-bond acceptors (Lipinski definition) is 4. The first-order valence-electron chi connectivity index (χ1n) is 8.06. The number of aromatic nitrogens is 3. The molecule has 0 saturated carbocycles. The molecule has 6 heteroatoms. The minimum absolute atomic E-state index is 0.0363. The van der Waals surface area contributed by atoms with Crippen molar-refractivity contribution in [1.82, 2.24) is 19.7 Å². The van der Waals surface area contributed by atoms with Gasteiger partial charge < -0.3 is 10.6 Å². The lowest BCUT2D eigenvalue weighted by atomic mass is 10.1. The maximum atomic E-state index is 11.8. The number of fused-ring (bicyclic) bond motifs is 1. The van der Waals surface area contributed by atoms with Crippen molar-refractivity contribution in [2.75, 3.05) is 11.9 Å². The fraction of sp³-hybridized carbons (Fsp3) is 0.278. The predicted octanol–water partition coefficient (Wildman–Crippen LogP) is 2.72. The quantitative estimate of drug-likeness (QED) is 0.732. The number of nitrogens with one attached hydrogen (secondary N) is 2. The molecule has 24 heavy (non-hydrogen) atoms. The van der Waals surface area contributed by atoms with Crippen molar-refractivity contribution in [3.05, 3.63) is 48.9 Å². The van der Waals surface area contributed by atoms with Gasteiger partial charge in [0.15, 0.2) is 5.65 Å². The molecule has 0 aliphatic carbocycles. The molecule has 0 aliphatic rings. The number of nitrogens with zero attached hydrogens (tertiary/aromatic N) is 3. The Labute approximate surface area is 140 Å². The van der Waals surface area contributed by atoms with Crippen LogP contribution in [-0.2, 0) is 4.79 Å². The fourth-order valence-corrected chi connectivity index (χ4v) is 2.56. The highest BCUT2D eigenvalue weighted by molar-refractivity contribution is 5.78. The first-order chi connectivity index (χ1) is 11.6. The molecule has 1 aromatic carbocycles. The molecule has 0 aliphatic heterocycles. The summed E-state index contributed by atoms with van der Waals surface area (Å²) in [6.07, 6.45) is 5.72. The van der Waals surface area contributed by atoms with E-state index in [9.17, 15) is 4.79 Å². The molecule has 0 bridgehead atoms. The van der Waals surface area contributed by atoms with Crippen molar-refractivity contribution >= 4 is 17.4 Å². The van der Waals surface area contributed by atoms with Crippen molar-refractivity contribution in [2.45, 2.75) is 26.3 Å². The lowest BCUT2D eigenvalue weighted by Crippen LogP contribution is -2.31. The van der Waals surface area contributed by atoms with Crippen LogP contribution in [0.5, 0.6) is 0 Å². The summed E-state index contributed by atoms with van der Waals surface area (Å²) in [5, 5.41) is 6.25. The molecule has 3 aromatic rings. The third-order valence-corrected chi connectivity index (χ3v) is 3.57. The lowest BCUT2D eigenvalue weighted by molar-refractivity contribution is -0.121. The van der Waals surface area contributed by atoms with Gasteiger partial charge in [-0.2, -0.15) is 0 Å². The molecule has 0 spiro atoms. The van der Waals surface area contributed by atoms with E-state index in [0.29, 0.717) is 13.0 Å². The highest BCUT2D eigenvalue weighted by atomic mass is 16.1. The van der Waals surface area contributed by atoms with Gasteiger partial charge in [-0.15, -0.1) is 0 Å². The molecule has 0 radical (unpaired) electrons. The van der Waals surface area contributed by atoms with E-state index in [-0.39, 0.29) is 11.9 Å². The number of carbonyl (C=O) groups is 1. The molecule has 2 N–H and O–H groups in total. The summed E-state index contributed by atoms with van der Waals surface area (Å²) in [4.78, 5) is 20.6. The van der Waals surface area contributed by atoms with E-state index in [1.54, 1.807) is 12.4 Å². The molecule has 0 saturated heterocycles. The van der Waals surface area contributed by atoms with Crippen molar-refractivity contribution in [3.8, 4) is 11.3 Å². The Balaban J connectivity index is 1.84. The van der Waals surface area contributed by atoms with Crippen molar-refractivity contribution < 1.29 is 4.79 Å². The summed E-state index contributed by atoms with van der Waals surface area (Å²) in [5.74, 6) is 0.908. The molecule has 124 valence electrons. The first-order valence-corrected chi connectivity index (χ1v) is 8.06. The average molecular weight is 323 g/mol. The monoisotopic (exact) mass is 323 g/mol. The zero-order valence-corrected chi connectivity index (χ0v) is 13.9. The summed E-state index contributed by atoms with van der Waals surface area (Å²) in [6.45, 7) is 4.45. The van der Waals surface area contributed by atoms with E-state index in [0.717, 1.165) is 22.7 Å². The van der Waals surface area contributed by atoms with Crippen LogP contribution in [0.15, 0.2) is 48.9 Å². The van der Waals surface area contributed by atoms with E-state index in [2.05, 4.69) is 20.6 Å². The molecular formula is C18H21N5O. The second-order valence-corrected chi connectivity index (χ2v) is 5.88. The van der Waals surface area contributed by atoms with Gasteiger partial charge in [0.25, 0.3) is 0 Å². The van der Waals surface area contributed by atoms with E-state index < -0.39 is 0 Å². The number of amides is 1. The van der Waals surface area contributed by atoms with Crippen molar-refractivity contribution in [1.29, 1.82) is 0 Å². The van der Waals surface area contributed by atoms with Crippen LogP contribution in [-0.4, -0.2) is 32.9 Å². The Bertz CT molecular complexity index is 826. The zero-order chi connectivity index (χ0) is 16.9. The highest BCUT2D eigenvalue weighted by Crippen LogP contribution is 2.28. The summed E-state index contributed by atoms with van der Waals surface area (Å²) < 4.78 is 1.95. The highest BCUT2D eigenvalue weighted by Gasteiger charge is 2.14. The van der Waals surface area contributed by atoms with Gasteiger partial charge >= 0.3 is 0 Å². The molecule has 3 rings (SSSR count). The predicted molar refractivity (Wildman–Crippen MR) is 94.8 cm³/mol. The number of rotatable bonds is 6. The minimum Gasteiger partial charge on any atom is -0.369 e. The van der Waals surface area contributed by atoms with Gasteiger partial charge in [0.05, 0.1) is 6.20 Å². The van der Waals surface area contributed by atoms with Crippen LogP contribution in [0.2, 0.25) is 0 Å². The summed E-state index contributed by atoms with van der Waals surface area (Å²) in [6, 6.07) is 10.1. The van der Waals surface area contributed by atoms with E-state index in [1.165, 1.54) is 0 Å². The van der Waals surface area contributed by atoms with Gasteiger partial charge in [-0.1, -0.05) is 30.3 Å². The number of benzene rings is 1. The fourth-order valence-electron chi connectivity index (χ4n) is 2.56. The van der Waals surface area contributed by atoms with Crippen LogP contribution in [0, 0.1) is 0 Å². The zero-order valence-electron chi connectivity index (χ0n) is 13.9. The van der Waals surface area contributed by atoms with Crippen molar-refractivity contribution in [3.63, 3.8) is 0 Å². The third kappa shape index (κ3) is 3.53. The molecule has 2 heterocycles. The lowest BCUT2D eigenvalue weighted by Gasteiger charge is -2.10. The van der Waals surface area contributed by atoms with E-state index >= 15 is 0 Å². The average Bonchev–Trinajstić information content (AvgIpc) is 2.94. The molecule has 0 unspecified atom stereocenters. The molecule has 2 aromatic heterocycles. The summed E-state index contributed by atoms with van der Waals surface area (Å²) in [7, 11) is 0.